The van der Waals surface area contributed by atoms with Crippen LogP contribution in [-0.4, -0.2) is 9.55 Å². The second kappa shape index (κ2) is 3.72. The van der Waals surface area contributed by atoms with Gasteiger partial charge in [0.2, 0.25) is 0 Å². The van der Waals surface area contributed by atoms with Gasteiger partial charge in [-0.1, -0.05) is 42.5 Å². The zero-order chi connectivity index (χ0) is 9.97. The predicted molar refractivity (Wildman–Crippen MR) is 59.5 cm³/mol. The van der Waals surface area contributed by atoms with Gasteiger partial charge in [-0.15, -0.1) is 0 Å². The zero-order valence-corrected chi connectivity index (χ0v) is 8.66. The van der Waals surface area contributed by atoms with Gasteiger partial charge in [-0.05, 0) is 6.07 Å². The normalized spacial score (nSPS) is 10.1. The van der Waals surface area contributed by atoms with Gasteiger partial charge in [0.1, 0.15) is 4.64 Å². The molecule has 1 aromatic heterocycles. The first kappa shape index (κ1) is 9.09. The molecule has 0 aliphatic heterocycles. The van der Waals surface area contributed by atoms with Crippen LogP contribution >= 0.6 is 12.2 Å². The summed E-state index contributed by atoms with van der Waals surface area (Å²) in [7, 11) is 1.89. The van der Waals surface area contributed by atoms with Crippen molar-refractivity contribution in [1.29, 1.82) is 0 Å². The van der Waals surface area contributed by atoms with Crippen LogP contribution in [0.4, 0.5) is 0 Å². The van der Waals surface area contributed by atoms with E-state index in [1.54, 1.807) is 6.33 Å². The smallest absolute Gasteiger partial charge is 0.108 e. The Morgan fingerprint density at radius 2 is 1.93 bits per heavy atom. The van der Waals surface area contributed by atoms with E-state index in [1.807, 2.05) is 48.0 Å². The van der Waals surface area contributed by atoms with Crippen molar-refractivity contribution in [2.24, 2.45) is 7.05 Å². The van der Waals surface area contributed by atoms with Gasteiger partial charge in [0, 0.05) is 12.6 Å². The molecule has 0 bridgehead atoms. The van der Waals surface area contributed by atoms with Crippen LogP contribution in [0.15, 0.2) is 42.7 Å². The largest absolute Gasteiger partial charge is 0.327 e. The highest BCUT2D eigenvalue weighted by Gasteiger charge is 1.97. The predicted octanol–water partition coefficient (Wildman–Crippen LogP) is 2.82. The molecule has 0 atom stereocenters. The molecule has 2 nitrogen and oxygen atoms in total. The number of aromatic nitrogens is 2. The second-order valence-corrected chi connectivity index (χ2v) is 3.51. The molecule has 0 amide bonds. The van der Waals surface area contributed by atoms with Gasteiger partial charge in [0.15, 0.2) is 0 Å². The summed E-state index contributed by atoms with van der Waals surface area (Å²) < 4.78 is 2.61. The molecule has 0 N–H and O–H groups in total. The van der Waals surface area contributed by atoms with E-state index >= 15 is 0 Å². The first-order chi connectivity index (χ1) is 6.77. The molecule has 0 aliphatic carbocycles. The molecular formula is C11H10N2S. The fourth-order valence-electron chi connectivity index (χ4n) is 1.23. The molecule has 0 spiro atoms. The molecule has 0 unspecified atom stereocenters. The number of hydrogen-bond donors (Lipinski definition) is 0. The van der Waals surface area contributed by atoms with Crippen molar-refractivity contribution >= 4 is 12.2 Å². The summed E-state index contributed by atoms with van der Waals surface area (Å²) in [5.74, 6) is 0. The Bertz CT molecular complexity index is 488. The van der Waals surface area contributed by atoms with Crippen LogP contribution in [-0.2, 0) is 7.05 Å². The molecular weight excluding hydrogens is 192 g/mol. The lowest BCUT2D eigenvalue weighted by atomic mass is 10.1. The molecule has 0 saturated carbocycles. The minimum absolute atomic E-state index is 0.791. The van der Waals surface area contributed by atoms with Gasteiger partial charge in [0.25, 0.3) is 0 Å². The van der Waals surface area contributed by atoms with Crippen molar-refractivity contribution in [1.82, 2.24) is 9.55 Å². The third-order valence-electron chi connectivity index (χ3n) is 2.05. The minimum Gasteiger partial charge on any atom is -0.327 e. The Morgan fingerprint density at radius 1 is 1.21 bits per heavy atom. The molecule has 1 aromatic carbocycles. The Balaban J connectivity index is 2.54. The first-order valence-corrected chi connectivity index (χ1v) is 4.76. The van der Waals surface area contributed by atoms with Crippen LogP contribution in [0.5, 0.6) is 0 Å². The van der Waals surface area contributed by atoms with Crippen molar-refractivity contribution in [3.8, 4) is 11.3 Å². The van der Waals surface area contributed by atoms with Crippen LogP contribution < -0.4 is 0 Å². The van der Waals surface area contributed by atoms with Gasteiger partial charge >= 0.3 is 0 Å². The Labute approximate surface area is 87.9 Å². The van der Waals surface area contributed by atoms with E-state index in [1.165, 1.54) is 0 Å². The summed E-state index contributed by atoms with van der Waals surface area (Å²) in [4.78, 5) is 4.31. The van der Waals surface area contributed by atoms with Gasteiger partial charge in [-0.3, -0.25) is 0 Å². The van der Waals surface area contributed by atoms with Crippen molar-refractivity contribution in [3.05, 3.63) is 47.4 Å². The number of hydrogen-bond acceptors (Lipinski definition) is 2. The molecule has 2 aromatic rings. The fourth-order valence-corrected chi connectivity index (χ4v) is 1.39. The highest BCUT2D eigenvalue weighted by Crippen LogP contribution is 2.15. The van der Waals surface area contributed by atoms with Gasteiger partial charge in [0.05, 0.1) is 12.0 Å². The summed E-state index contributed by atoms with van der Waals surface area (Å²) in [5, 5.41) is 0. The SMILES string of the molecule is Cn1cnc(-c2ccccc2)cc1=S. The highest BCUT2D eigenvalue weighted by atomic mass is 32.1. The topological polar surface area (TPSA) is 17.8 Å². The van der Waals surface area contributed by atoms with Crippen molar-refractivity contribution < 1.29 is 0 Å². The summed E-state index contributed by atoms with van der Waals surface area (Å²) in [6.45, 7) is 0. The molecule has 2 rings (SSSR count). The quantitative estimate of drug-likeness (QED) is 0.662. The third-order valence-corrected chi connectivity index (χ3v) is 2.45. The van der Waals surface area contributed by atoms with Crippen molar-refractivity contribution in [2.45, 2.75) is 0 Å². The average Bonchev–Trinajstić information content (AvgIpc) is 2.23. The van der Waals surface area contributed by atoms with Crippen LogP contribution in [0.3, 0.4) is 0 Å². The lowest BCUT2D eigenvalue weighted by molar-refractivity contribution is 0.851. The second-order valence-electron chi connectivity index (χ2n) is 3.09. The third kappa shape index (κ3) is 1.72. The Morgan fingerprint density at radius 3 is 2.57 bits per heavy atom. The monoisotopic (exact) mass is 202 g/mol. The van der Waals surface area contributed by atoms with Crippen LogP contribution in [0.25, 0.3) is 11.3 Å². The van der Waals surface area contributed by atoms with E-state index < -0.39 is 0 Å². The lowest BCUT2D eigenvalue weighted by Gasteiger charge is -2.02. The van der Waals surface area contributed by atoms with E-state index in [0.29, 0.717) is 0 Å². The van der Waals surface area contributed by atoms with Crippen molar-refractivity contribution in [3.63, 3.8) is 0 Å². The number of aryl methyl sites for hydroxylation is 1. The maximum atomic E-state index is 5.16. The number of nitrogens with zero attached hydrogens (tertiary/aromatic N) is 2. The molecule has 0 radical (unpaired) electrons. The zero-order valence-electron chi connectivity index (χ0n) is 7.84. The fraction of sp³-hybridized carbons (Fsp3) is 0.0909. The van der Waals surface area contributed by atoms with Gasteiger partial charge in [-0.25, -0.2) is 4.98 Å². The van der Waals surface area contributed by atoms with E-state index in [2.05, 4.69) is 4.98 Å². The summed E-state index contributed by atoms with van der Waals surface area (Å²) >= 11 is 5.16. The summed E-state index contributed by atoms with van der Waals surface area (Å²) in [6.07, 6.45) is 1.74. The minimum atomic E-state index is 0.791. The Kier molecular flexibility index (Phi) is 2.41. The van der Waals surface area contributed by atoms with Crippen LogP contribution in [0, 0.1) is 4.64 Å². The van der Waals surface area contributed by atoms with Crippen LogP contribution in [0.2, 0.25) is 0 Å². The van der Waals surface area contributed by atoms with Crippen molar-refractivity contribution in [2.75, 3.05) is 0 Å². The van der Waals surface area contributed by atoms with E-state index in [9.17, 15) is 0 Å². The number of benzene rings is 1. The molecule has 0 aliphatic rings. The first-order valence-electron chi connectivity index (χ1n) is 4.35. The van der Waals surface area contributed by atoms with Gasteiger partial charge < -0.3 is 4.57 Å². The molecule has 0 fully saturated rings. The van der Waals surface area contributed by atoms with E-state index in [-0.39, 0.29) is 0 Å². The summed E-state index contributed by atoms with van der Waals surface area (Å²) in [5.41, 5.74) is 2.02. The molecule has 1 heterocycles. The average molecular weight is 202 g/mol. The van der Waals surface area contributed by atoms with Gasteiger partial charge in [-0.2, -0.15) is 0 Å². The molecule has 3 heteroatoms. The number of rotatable bonds is 1. The summed E-state index contributed by atoms with van der Waals surface area (Å²) in [6, 6.07) is 11.9. The molecule has 14 heavy (non-hydrogen) atoms. The maximum Gasteiger partial charge on any atom is 0.108 e. The molecule has 70 valence electrons. The van der Waals surface area contributed by atoms with E-state index in [0.717, 1.165) is 15.9 Å². The standard InChI is InChI=1S/C11H10N2S/c1-13-8-12-10(7-11(13)14)9-5-3-2-4-6-9/h2-8H,1H3. The van der Waals surface area contributed by atoms with Crippen LogP contribution in [0.1, 0.15) is 0 Å². The van der Waals surface area contributed by atoms with E-state index in [4.69, 9.17) is 12.2 Å². The molecule has 0 saturated heterocycles. The highest BCUT2D eigenvalue weighted by molar-refractivity contribution is 7.71. The maximum absolute atomic E-state index is 5.16. The lowest BCUT2D eigenvalue weighted by Crippen LogP contribution is -1.94. The Hall–Kier alpha value is -1.48.